The number of anilines is 2. The van der Waals surface area contributed by atoms with Crippen molar-refractivity contribution in [2.75, 3.05) is 24.8 Å². The lowest BCUT2D eigenvalue weighted by molar-refractivity contribution is -0.118. The van der Waals surface area contributed by atoms with Crippen LogP contribution in [0.1, 0.15) is 5.56 Å². The predicted octanol–water partition coefficient (Wildman–Crippen LogP) is 2.17. The van der Waals surface area contributed by atoms with Crippen LogP contribution in [0.4, 0.5) is 11.4 Å². The van der Waals surface area contributed by atoms with Crippen molar-refractivity contribution in [1.82, 2.24) is 0 Å². The molecule has 0 aliphatic rings. The summed E-state index contributed by atoms with van der Waals surface area (Å²) in [5.41, 5.74) is 7.25. The van der Waals surface area contributed by atoms with E-state index in [2.05, 4.69) is 5.32 Å². The van der Waals surface area contributed by atoms with Gasteiger partial charge in [-0.1, -0.05) is 6.07 Å². The Morgan fingerprint density at radius 1 is 1.27 bits per heavy atom. The van der Waals surface area contributed by atoms with E-state index in [-0.39, 0.29) is 12.5 Å². The molecule has 22 heavy (non-hydrogen) atoms. The number of nitrogens with one attached hydrogen (secondary N) is 1. The van der Waals surface area contributed by atoms with Crippen LogP contribution in [-0.2, 0) is 4.79 Å². The number of nitriles is 1. The average molecular weight is 297 g/mol. The highest BCUT2D eigenvalue weighted by Gasteiger charge is 2.09. The van der Waals surface area contributed by atoms with E-state index < -0.39 is 0 Å². The predicted molar refractivity (Wildman–Crippen MR) is 82.7 cm³/mol. The summed E-state index contributed by atoms with van der Waals surface area (Å²) < 4.78 is 10.5. The normalized spacial score (nSPS) is 9.64. The first-order chi connectivity index (χ1) is 10.6. The Labute approximate surface area is 128 Å². The van der Waals surface area contributed by atoms with E-state index >= 15 is 0 Å². The summed E-state index contributed by atoms with van der Waals surface area (Å²) in [4.78, 5) is 11.8. The van der Waals surface area contributed by atoms with Crippen LogP contribution in [0, 0.1) is 11.3 Å². The van der Waals surface area contributed by atoms with Crippen molar-refractivity contribution in [2.24, 2.45) is 0 Å². The molecule has 0 aliphatic heterocycles. The van der Waals surface area contributed by atoms with Gasteiger partial charge >= 0.3 is 0 Å². The number of hydrogen-bond acceptors (Lipinski definition) is 5. The topological polar surface area (TPSA) is 97.4 Å². The summed E-state index contributed by atoms with van der Waals surface area (Å²) in [7, 11) is 1.47. The zero-order valence-electron chi connectivity index (χ0n) is 12.0. The summed E-state index contributed by atoms with van der Waals surface area (Å²) >= 11 is 0. The van der Waals surface area contributed by atoms with Crippen molar-refractivity contribution >= 4 is 17.3 Å². The second-order valence-electron chi connectivity index (χ2n) is 4.44. The number of ether oxygens (including phenoxy) is 2. The number of nitrogens with two attached hydrogens (primary N) is 1. The van der Waals surface area contributed by atoms with Gasteiger partial charge in [0.2, 0.25) is 0 Å². The highest BCUT2D eigenvalue weighted by molar-refractivity contribution is 5.92. The number of amides is 1. The van der Waals surface area contributed by atoms with Crippen LogP contribution < -0.4 is 20.5 Å². The van der Waals surface area contributed by atoms with Crippen molar-refractivity contribution in [3.05, 3.63) is 48.0 Å². The molecule has 2 aromatic carbocycles. The molecule has 0 atom stereocenters. The molecule has 6 heteroatoms. The lowest BCUT2D eigenvalue weighted by atomic mass is 10.2. The van der Waals surface area contributed by atoms with Gasteiger partial charge in [-0.15, -0.1) is 0 Å². The number of nitrogens with zero attached hydrogens (tertiary/aromatic N) is 1. The molecule has 6 nitrogen and oxygen atoms in total. The Bertz CT molecular complexity index is 723. The van der Waals surface area contributed by atoms with E-state index in [1.807, 2.05) is 6.07 Å². The zero-order chi connectivity index (χ0) is 15.9. The molecule has 0 saturated carbocycles. The van der Waals surface area contributed by atoms with Crippen molar-refractivity contribution in [2.45, 2.75) is 0 Å². The standard InChI is InChI=1S/C16H15N3O3/c1-21-15-7-11(9-17)5-6-14(15)22-10-16(20)19-13-4-2-3-12(18)8-13/h2-8H,10,18H2,1H3,(H,19,20). The largest absolute Gasteiger partial charge is 0.493 e. The second kappa shape index (κ2) is 6.99. The van der Waals surface area contributed by atoms with Gasteiger partial charge in [-0.2, -0.15) is 5.26 Å². The Balaban J connectivity index is 1.98. The molecule has 0 bridgehead atoms. The molecule has 2 rings (SSSR count). The third kappa shape index (κ3) is 3.90. The van der Waals surface area contributed by atoms with Gasteiger partial charge in [0.15, 0.2) is 18.1 Å². The molecule has 0 unspecified atom stereocenters. The minimum Gasteiger partial charge on any atom is -0.493 e. The van der Waals surface area contributed by atoms with E-state index in [1.165, 1.54) is 7.11 Å². The lowest BCUT2D eigenvalue weighted by Crippen LogP contribution is -2.20. The first-order valence-electron chi connectivity index (χ1n) is 6.48. The molecule has 112 valence electrons. The molecule has 1 amide bonds. The Morgan fingerprint density at radius 2 is 2.09 bits per heavy atom. The number of methoxy groups -OCH3 is 1. The Kier molecular flexibility index (Phi) is 4.83. The van der Waals surface area contributed by atoms with Crippen LogP contribution in [0.25, 0.3) is 0 Å². The Hall–Kier alpha value is -3.20. The van der Waals surface area contributed by atoms with Crippen molar-refractivity contribution in [3.8, 4) is 17.6 Å². The van der Waals surface area contributed by atoms with Gasteiger partial charge in [-0.05, 0) is 30.3 Å². The summed E-state index contributed by atoms with van der Waals surface area (Å²) in [5, 5.41) is 11.5. The van der Waals surface area contributed by atoms with Crippen LogP contribution >= 0.6 is 0 Å². The molecule has 0 radical (unpaired) electrons. The number of carbonyl (C=O) groups excluding carboxylic acids is 1. The fourth-order valence-electron chi connectivity index (χ4n) is 1.81. The van der Waals surface area contributed by atoms with Crippen LogP contribution in [0.3, 0.4) is 0 Å². The van der Waals surface area contributed by atoms with Crippen LogP contribution in [0.15, 0.2) is 42.5 Å². The first kappa shape index (κ1) is 15.2. The van der Waals surface area contributed by atoms with E-state index in [4.69, 9.17) is 20.5 Å². The molecule has 0 aromatic heterocycles. The van der Waals surface area contributed by atoms with Gasteiger partial charge in [0.25, 0.3) is 5.91 Å². The molecule has 0 heterocycles. The number of benzene rings is 2. The molecule has 0 fully saturated rings. The maximum absolute atomic E-state index is 11.8. The van der Waals surface area contributed by atoms with Gasteiger partial charge in [-0.3, -0.25) is 4.79 Å². The van der Waals surface area contributed by atoms with Gasteiger partial charge in [-0.25, -0.2) is 0 Å². The van der Waals surface area contributed by atoms with E-state index in [9.17, 15) is 4.79 Å². The zero-order valence-corrected chi connectivity index (χ0v) is 12.0. The minimum atomic E-state index is -0.322. The van der Waals surface area contributed by atoms with E-state index in [0.29, 0.717) is 28.4 Å². The summed E-state index contributed by atoms with van der Waals surface area (Å²) in [6, 6.07) is 13.6. The lowest BCUT2D eigenvalue weighted by Gasteiger charge is -2.11. The van der Waals surface area contributed by atoms with Gasteiger partial charge in [0, 0.05) is 17.4 Å². The quantitative estimate of drug-likeness (QED) is 0.824. The number of rotatable bonds is 5. The van der Waals surface area contributed by atoms with Gasteiger partial charge < -0.3 is 20.5 Å². The third-order valence-corrected chi connectivity index (χ3v) is 2.82. The minimum absolute atomic E-state index is 0.183. The van der Waals surface area contributed by atoms with Crippen LogP contribution in [0.5, 0.6) is 11.5 Å². The summed E-state index contributed by atoms with van der Waals surface area (Å²) in [6.07, 6.45) is 0. The third-order valence-electron chi connectivity index (χ3n) is 2.82. The first-order valence-corrected chi connectivity index (χ1v) is 6.48. The SMILES string of the molecule is COc1cc(C#N)ccc1OCC(=O)Nc1cccc(N)c1. The van der Waals surface area contributed by atoms with Gasteiger partial charge in [0.05, 0.1) is 18.7 Å². The number of nitrogen functional groups attached to an aromatic ring is 1. The highest BCUT2D eigenvalue weighted by Crippen LogP contribution is 2.27. The maximum Gasteiger partial charge on any atom is 0.262 e. The molecule has 0 saturated heterocycles. The molecular formula is C16H15N3O3. The summed E-state index contributed by atoms with van der Waals surface area (Å²) in [6.45, 7) is -0.183. The smallest absolute Gasteiger partial charge is 0.262 e. The molecular weight excluding hydrogens is 282 g/mol. The molecule has 0 aliphatic carbocycles. The van der Waals surface area contributed by atoms with Crippen molar-refractivity contribution < 1.29 is 14.3 Å². The van der Waals surface area contributed by atoms with E-state index in [0.717, 1.165) is 0 Å². The maximum atomic E-state index is 11.8. The molecule has 2 aromatic rings. The molecule has 3 N–H and O–H groups in total. The number of carbonyl (C=O) groups is 1. The monoisotopic (exact) mass is 297 g/mol. The molecule has 0 spiro atoms. The summed E-state index contributed by atoms with van der Waals surface area (Å²) in [5.74, 6) is 0.469. The average Bonchev–Trinajstić information content (AvgIpc) is 2.52. The van der Waals surface area contributed by atoms with Crippen LogP contribution in [0.2, 0.25) is 0 Å². The van der Waals surface area contributed by atoms with Crippen molar-refractivity contribution in [3.63, 3.8) is 0 Å². The van der Waals surface area contributed by atoms with Crippen molar-refractivity contribution in [1.29, 1.82) is 5.26 Å². The Morgan fingerprint density at radius 3 is 2.77 bits per heavy atom. The second-order valence-corrected chi connectivity index (χ2v) is 4.44. The van der Waals surface area contributed by atoms with E-state index in [1.54, 1.807) is 42.5 Å². The fraction of sp³-hybridized carbons (Fsp3) is 0.125. The fourth-order valence-corrected chi connectivity index (χ4v) is 1.81. The number of hydrogen-bond donors (Lipinski definition) is 2. The van der Waals surface area contributed by atoms with Crippen LogP contribution in [-0.4, -0.2) is 19.6 Å². The highest BCUT2D eigenvalue weighted by atomic mass is 16.5. The van der Waals surface area contributed by atoms with Gasteiger partial charge in [0.1, 0.15) is 0 Å².